The van der Waals surface area contributed by atoms with E-state index in [0.29, 0.717) is 0 Å². The average molecular weight is 197 g/mol. The first-order chi connectivity index (χ1) is 7.34. The van der Waals surface area contributed by atoms with E-state index in [0.717, 1.165) is 16.9 Å². The second-order valence-corrected chi connectivity index (χ2v) is 3.61. The molecule has 0 fully saturated rings. The van der Waals surface area contributed by atoms with Crippen LogP contribution in [0, 0.1) is 0 Å². The van der Waals surface area contributed by atoms with Crippen LogP contribution in [0.15, 0.2) is 48.8 Å². The number of nitrogens with zero attached hydrogens (tertiary/aromatic N) is 3. The number of rotatable bonds is 1. The maximum Gasteiger partial charge on any atom is 0.136 e. The van der Waals surface area contributed by atoms with Gasteiger partial charge in [0.2, 0.25) is 0 Å². The van der Waals surface area contributed by atoms with Gasteiger partial charge in [-0.25, -0.2) is 4.52 Å². The molecule has 0 bridgehead atoms. The van der Waals surface area contributed by atoms with Gasteiger partial charge < -0.3 is 4.57 Å². The summed E-state index contributed by atoms with van der Waals surface area (Å²) < 4.78 is 3.95. The molecule has 3 aromatic rings. The van der Waals surface area contributed by atoms with Gasteiger partial charge in [0.1, 0.15) is 5.65 Å². The minimum Gasteiger partial charge on any atom is -0.334 e. The molecule has 74 valence electrons. The van der Waals surface area contributed by atoms with Crippen molar-refractivity contribution in [1.29, 1.82) is 0 Å². The smallest absolute Gasteiger partial charge is 0.136 e. The molecule has 0 spiro atoms. The van der Waals surface area contributed by atoms with Crippen LogP contribution in [0.2, 0.25) is 0 Å². The lowest BCUT2D eigenvalue weighted by Gasteiger charge is -1.93. The van der Waals surface area contributed by atoms with Gasteiger partial charge in [0.15, 0.2) is 0 Å². The molecule has 0 aliphatic rings. The maximum atomic E-state index is 4.50. The zero-order valence-electron chi connectivity index (χ0n) is 8.46. The molecule has 0 aliphatic heterocycles. The van der Waals surface area contributed by atoms with Gasteiger partial charge >= 0.3 is 0 Å². The van der Waals surface area contributed by atoms with Crippen LogP contribution in [0.3, 0.4) is 0 Å². The Morgan fingerprint density at radius 3 is 2.60 bits per heavy atom. The number of hydrogen-bond donors (Lipinski definition) is 0. The lowest BCUT2D eigenvalue weighted by molar-refractivity contribution is 0.930. The Labute approximate surface area is 87.6 Å². The van der Waals surface area contributed by atoms with Crippen LogP contribution in [0.4, 0.5) is 0 Å². The number of aryl methyl sites for hydroxylation is 1. The lowest BCUT2D eigenvalue weighted by Crippen LogP contribution is -1.84. The van der Waals surface area contributed by atoms with E-state index in [1.54, 1.807) is 0 Å². The van der Waals surface area contributed by atoms with E-state index in [2.05, 4.69) is 27.9 Å². The van der Waals surface area contributed by atoms with Crippen molar-refractivity contribution >= 4 is 5.65 Å². The Bertz CT molecular complexity index is 590. The molecular weight excluding hydrogens is 186 g/mol. The third-order valence-electron chi connectivity index (χ3n) is 2.58. The molecule has 0 N–H and O–H groups in total. The largest absolute Gasteiger partial charge is 0.334 e. The Morgan fingerprint density at radius 2 is 1.87 bits per heavy atom. The highest BCUT2D eigenvalue weighted by Gasteiger charge is 2.05. The van der Waals surface area contributed by atoms with Crippen LogP contribution in [0.5, 0.6) is 0 Å². The first-order valence-corrected chi connectivity index (χ1v) is 4.91. The molecule has 1 aromatic carbocycles. The standard InChI is InChI=1S/C12H11N3/c1-14-7-8-15-12(14)9-11(13-15)10-5-3-2-4-6-10/h2-9H,1H3. The summed E-state index contributed by atoms with van der Waals surface area (Å²) in [5.74, 6) is 0. The molecule has 0 unspecified atom stereocenters. The summed E-state index contributed by atoms with van der Waals surface area (Å²) >= 11 is 0. The number of hydrogen-bond acceptors (Lipinski definition) is 1. The minimum absolute atomic E-state index is 1.02. The zero-order chi connectivity index (χ0) is 10.3. The molecule has 2 heterocycles. The topological polar surface area (TPSA) is 22.2 Å². The van der Waals surface area contributed by atoms with E-state index in [-0.39, 0.29) is 0 Å². The summed E-state index contributed by atoms with van der Waals surface area (Å²) in [5, 5.41) is 4.50. The van der Waals surface area contributed by atoms with Crippen LogP contribution in [-0.2, 0) is 7.05 Å². The van der Waals surface area contributed by atoms with Crippen LogP contribution < -0.4 is 0 Å². The van der Waals surface area contributed by atoms with Crippen molar-refractivity contribution in [3.63, 3.8) is 0 Å². The van der Waals surface area contributed by atoms with Crippen LogP contribution in [0.1, 0.15) is 0 Å². The van der Waals surface area contributed by atoms with Gasteiger partial charge in [-0.3, -0.25) is 0 Å². The Hall–Kier alpha value is -2.03. The van der Waals surface area contributed by atoms with Gasteiger partial charge in [0.25, 0.3) is 0 Å². The van der Waals surface area contributed by atoms with Crippen LogP contribution in [0.25, 0.3) is 16.9 Å². The van der Waals surface area contributed by atoms with Gasteiger partial charge in [-0.2, -0.15) is 5.10 Å². The molecule has 2 aromatic heterocycles. The van der Waals surface area contributed by atoms with Crippen molar-refractivity contribution in [3.8, 4) is 11.3 Å². The maximum absolute atomic E-state index is 4.50. The van der Waals surface area contributed by atoms with Crippen molar-refractivity contribution in [2.45, 2.75) is 0 Å². The average Bonchev–Trinajstić information content (AvgIpc) is 2.83. The van der Waals surface area contributed by atoms with Crippen LogP contribution in [-0.4, -0.2) is 14.2 Å². The van der Waals surface area contributed by atoms with Crippen LogP contribution >= 0.6 is 0 Å². The molecule has 0 aliphatic carbocycles. The third-order valence-corrected chi connectivity index (χ3v) is 2.58. The van der Waals surface area contributed by atoms with E-state index in [9.17, 15) is 0 Å². The van der Waals surface area contributed by atoms with Gasteiger partial charge in [-0.05, 0) is 0 Å². The van der Waals surface area contributed by atoms with E-state index < -0.39 is 0 Å². The van der Waals surface area contributed by atoms with Crippen molar-refractivity contribution < 1.29 is 0 Å². The molecule has 0 amide bonds. The summed E-state index contributed by atoms with van der Waals surface area (Å²) in [6.07, 6.45) is 3.96. The van der Waals surface area contributed by atoms with Gasteiger partial charge in [-0.1, -0.05) is 30.3 Å². The molecule has 15 heavy (non-hydrogen) atoms. The molecule has 0 saturated heterocycles. The highest BCUT2D eigenvalue weighted by atomic mass is 15.3. The fraction of sp³-hybridized carbons (Fsp3) is 0.0833. The second-order valence-electron chi connectivity index (χ2n) is 3.61. The fourth-order valence-corrected chi connectivity index (χ4v) is 1.75. The predicted octanol–water partition coefficient (Wildman–Crippen LogP) is 2.34. The van der Waals surface area contributed by atoms with E-state index in [4.69, 9.17) is 0 Å². The molecule has 0 radical (unpaired) electrons. The lowest BCUT2D eigenvalue weighted by atomic mass is 10.2. The summed E-state index contributed by atoms with van der Waals surface area (Å²) in [6.45, 7) is 0. The normalized spacial score (nSPS) is 11.0. The summed E-state index contributed by atoms with van der Waals surface area (Å²) in [5.41, 5.74) is 3.27. The Morgan fingerprint density at radius 1 is 1.07 bits per heavy atom. The summed E-state index contributed by atoms with van der Waals surface area (Å²) in [6, 6.07) is 12.3. The third kappa shape index (κ3) is 1.24. The highest BCUT2D eigenvalue weighted by molar-refractivity contribution is 5.64. The van der Waals surface area contributed by atoms with Gasteiger partial charge in [0, 0.05) is 31.1 Å². The Balaban J connectivity index is 2.20. The van der Waals surface area contributed by atoms with E-state index >= 15 is 0 Å². The molecule has 0 saturated carbocycles. The SMILES string of the molecule is Cn1ccn2nc(-c3ccccc3)cc12. The number of fused-ring (bicyclic) bond motifs is 1. The first kappa shape index (κ1) is 8.29. The van der Waals surface area contributed by atoms with Crippen molar-refractivity contribution in [1.82, 2.24) is 14.2 Å². The second kappa shape index (κ2) is 2.98. The monoisotopic (exact) mass is 197 g/mol. The molecule has 0 atom stereocenters. The predicted molar refractivity (Wildman–Crippen MR) is 59.6 cm³/mol. The van der Waals surface area contributed by atoms with Crippen molar-refractivity contribution in [2.75, 3.05) is 0 Å². The Kier molecular flexibility index (Phi) is 1.65. The number of aromatic nitrogens is 3. The van der Waals surface area contributed by atoms with Gasteiger partial charge in [0.05, 0.1) is 5.69 Å². The van der Waals surface area contributed by atoms with E-state index in [1.165, 1.54) is 0 Å². The van der Waals surface area contributed by atoms with Gasteiger partial charge in [-0.15, -0.1) is 0 Å². The first-order valence-electron chi connectivity index (χ1n) is 4.91. The quantitative estimate of drug-likeness (QED) is 0.587. The molecular formula is C12H11N3. The van der Waals surface area contributed by atoms with Crippen molar-refractivity contribution in [2.24, 2.45) is 7.05 Å². The minimum atomic E-state index is 1.02. The fourth-order valence-electron chi connectivity index (χ4n) is 1.75. The molecule has 3 heteroatoms. The zero-order valence-corrected chi connectivity index (χ0v) is 8.46. The van der Waals surface area contributed by atoms with Crippen molar-refractivity contribution in [3.05, 3.63) is 48.8 Å². The molecule has 3 nitrogen and oxygen atoms in total. The summed E-state index contributed by atoms with van der Waals surface area (Å²) in [7, 11) is 2.02. The number of imidazole rings is 1. The summed E-state index contributed by atoms with van der Waals surface area (Å²) in [4.78, 5) is 0. The number of benzene rings is 1. The highest BCUT2D eigenvalue weighted by Crippen LogP contribution is 2.18. The molecule has 3 rings (SSSR count). The van der Waals surface area contributed by atoms with E-state index in [1.807, 2.05) is 42.2 Å².